The number of piperazine rings is 1. The van der Waals surface area contributed by atoms with Crippen LogP contribution in [-0.4, -0.2) is 51.7 Å². The molecule has 0 saturated carbocycles. The number of carbonyl (C=O) groups excluding carboxylic acids is 1. The van der Waals surface area contributed by atoms with E-state index in [4.69, 9.17) is 11.6 Å². The third kappa shape index (κ3) is 5.31. The molecule has 1 aromatic carbocycles. The Morgan fingerprint density at radius 3 is 2.50 bits per heavy atom. The summed E-state index contributed by atoms with van der Waals surface area (Å²) in [6, 6.07) is 6.96. The third-order valence-corrected chi connectivity index (χ3v) is 6.53. The molecule has 0 bridgehead atoms. The molecule has 3 heterocycles. The molecule has 1 amide bonds. The van der Waals surface area contributed by atoms with Crippen molar-refractivity contribution >= 4 is 28.8 Å². The van der Waals surface area contributed by atoms with Gasteiger partial charge in [0, 0.05) is 43.9 Å². The fourth-order valence-electron chi connectivity index (χ4n) is 3.51. The molecular weight excluding hydrogens is 468 g/mol. The van der Waals surface area contributed by atoms with Gasteiger partial charge in [-0.15, -0.1) is 11.3 Å². The minimum absolute atomic E-state index is 0.0999. The zero-order valence-corrected chi connectivity index (χ0v) is 18.4. The van der Waals surface area contributed by atoms with Gasteiger partial charge in [0.2, 0.25) is 0 Å². The highest BCUT2D eigenvalue weighted by atomic mass is 35.5. The second kappa shape index (κ2) is 9.21. The fraction of sp³-hybridized carbons (Fsp3) is 0.333. The Kier molecular flexibility index (Phi) is 6.55. The maximum Gasteiger partial charge on any atom is 0.435 e. The first-order chi connectivity index (χ1) is 15.2. The molecule has 11 heteroatoms. The molecule has 1 aliphatic rings. The summed E-state index contributed by atoms with van der Waals surface area (Å²) in [6.45, 7) is 3.13. The number of thiophene rings is 1. The van der Waals surface area contributed by atoms with Crippen LogP contribution in [-0.2, 0) is 19.3 Å². The van der Waals surface area contributed by atoms with Crippen LogP contribution in [0.25, 0.3) is 0 Å². The number of rotatable bonds is 5. The number of alkyl halides is 3. The summed E-state index contributed by atoms with van der Waals surface area (Å²) >= 11 is 7.37. The number of nitrogens with zero attached hydrogens (tertiary/aromatic N) is 4. The summed E-state index contributed by atoms with van der Waals surface area (Å²) in [5.41, 5.74) is 0.617. The molecule has 1 aliphatic heterocycles. The average molecular weight is 487 g/mol. The second-order valence-electron chi connectivity index (χ2n) is 7.52. The van der Waals surface area contributed by atoms with Crippen LogP contribution in [0.1, 0.15) is 26.5 Å². The van der Waals surface area contributed by atoms with Crippen LogP contribution in [0, 0.1) is 5.82 Å². The van der Waals surface area contributed by atoms with Crippen molar-refractivity contribution in [2.45, 2.75) is 19.3 Å². The van der Waals surface area contributed by atoms with Gasteiger partial charge in [-0.1, -0.05) is 17.7 Å². The van der Waals surface area contributed by atoms with E-state index in [0.29, 0.717) is 42.6 Å². The second-order valence-corrected chi connectivity index (χ2v) is 8.84. The summed E-state index contributed by atoms with van der Waals surface area (Å²) in [4.78, 5) is 17.3. The highest BCUT2D eigenvalue weighted by molar-refractivity contribution is 7.12. The van der Waals surface area contributed by atoms with E-state index in [1.54, 1.807) is 22.4 Å². The first-order valence-corrected chi connectivity index (χ1v) is 11.1. The van der Waals surface area contributed by atoms with Crippen molar-refractivity contribution in [3.05, 3.63) is 74.4 Å². The number of aromatic nitrogens is 2. The molecule has 0 radical (unpaired) electrons. The van der Waals surface area contributed by atoms with Gasteiger partial charge in [0.1, 0.15) is 5.82 Å². The topological polar surface area (TPSA) is 41.4 Å². The SMILES string of the molecule is O=C(c1cc(Cn2ccc(C(F)(F)F)n2)cs1)N1CCN(Cc2ccc(F)cc2Cl)CC1. The van der Waals surface area contributed by atoms with Gasteiger partial charge in [-0.2, -0.15) is 18.3 Å². The Labute approximate surface area is 190 Å². The summed E-state index contributed by atoms with van der Waals surface area (Å²) in [7, 11) is 0. The van der Waals surface area contributed by atoms with E-state index in [-0.39, 0.29) is 18.3 Å². The first-order valence-electron chi connectivity index (χ1n) is 9.82. The van der Waals surface area contributed by atoms with Crippen molar-refractivity contribution < 1.29 is 22.4 Å². The molecule has 1 fully saturated rings. The van der Waals surface area contributed by atoms with Crippen molar-refractivity contribution in [1.82, 2.24) is 19.6 Å². The van der Waals surface area contributed by atoms with Crippen LogP contribution in [0.4, 0.5) is 17.6 Å². The van der Waals surface area contributed by atoms with Gasteiger partial charge in [-0.05, 0) is 40.8 Å². The number of benzene rings is 1. The lowest BCUT2D eigenvalue weighted by Gasteiger charge is -2.34. The van der Waals surface area contributed by atoms with Crippen molar-refractivity contribution in [1.29, 1.82) is 0 Å². The van der Waals surface area contributed by atoms with Gasteiger partial charge in [0.15, 0.2) is 5.69 Å². The Bertz CT molecular complexity index is 1110. The molecule has 5 nitrogen and oxygen atoms in total. The third-order valence-electron chi connectivity index (χ3n) is 5.21. The van der Waals surface area contributed by atoms with Crippen molar-refractivity contribution in [2.75, 3.05) is 26.2 Å². The van der Waals surface area contributed by atoms with E-state index in [1.807, 2.05) is 0 Å². The number of carbonyl (C=O) groups is 1. The molecule has 0 atom stereocenters. The number of amides is 1. The maximum absolute atomic E-state index is 13.2. The van der Waals surface area contributed by atoms with Crippen LogP contribution >= 0.6 is 22.9 Å². The van der Waals surface area contributed by atoms with E-state index >= 15 is 0 Å². The smallest absolute Gasteiger partial charge is 0.335 e. The van der Waals surface area contributed by atoms with E-state index in [2.05, 4.69) is 10.00 Å². The lowest BCUT2D eigenvalue weighted by Crippen LogP contribution is -2.48. The summed E-state index contributed by atoms with van der Waals surface area (Å²) in [5, 5.41) is 5.68. The Hall–Kier alpha value is -2.43. The van der Waals surface area contributed by atoms with Crippen LogP contribution in [0.2, 0.25) is 5.02 Å². The minimum atomic E-state index is -4.48. The molecule has 4 rings (SSSR count). The van der Waals surface area contributed by atoms with Gasteiger partial charge >= 0.3 is 6.18 Å². The predicted molar refractivity (Wildman–Crippen MR) is 113 cm³/mol. The number of hydrogen-bond donors (Lipinski definition) is 0. The molecule has 1 saturated heterocycles. The van der Waals surface area contributed by atoms with E-state index in [9.17, 15) is 22.4 Å². The summed E-state index contributed by atoms with van der Waals surface area (Å²) < 4.78 is 52.5. The maximum atomic E-state index is 13.2. The van der Waals surface area contributed by atoms with Crippen LogP contribution < -0.4 is 0 Å². The highest BCUT2D eigenvalue weighted by Gasteiger charge is 2.33. The standard InChI is InChI=1S/C21H19ClF4N4OS/c22-17-10-16(23)2-1-15(17)12-28-5-7-29(8-6-28)20(31)18-9-14(13-32-18)11-30-4-3-19(27-30)21(24,25)26/h1-4,9-10,13H,5-8,11-12H2. The molecule has 0 spiro atoms. The Morgan fingerprint density at radius 2 is 1.84 bits per heavy atom. The highest BCUT2D eigenvalue weighted by Crippen LogP contribution is 2.27. The van der Waals surface area contributed by atoms with Crippen molar-refractivity contribution in [3.63, 3.8) is 0 Å². The fourth-order valence-corrected chi connectivity index (χ4v) is 4.61. The lowest BCUT2D eigenvalue weighted by atomic mass is 10.2. The van der Waals surface area contributed by atoms with E-state index in [1.165, 1.54) is 34.3 Å². The number of hydrogen-bond acceptors (Lipinski definition) is 4. The van der Waals surface area contributed by atoms with Crippen molar-refractivity contribution in [3.8, 4) is 0 Å². The normalized spacial score (nSPS) is 15.3. The van der Waals surface area contributed by atoms with Gasteiger partial charge in [0.05, 0.1) is 11.4 Å². The lowest BCUT2D eigenvalue weighted by molar-refractivity contribution is -0.141. The largest absolute Gasteiger partial charge is 0.435 e. The molecule has 170 valence electrons. The molecule has 3 aromatic rings. The zero-order valence-electron chi connectivity index (χ0n) is 16.8. The quantitative estimate of drug-likeness (QED) is 0.488. The van der Waals surface area contributed by atoms with Crippen LogP contribution in [0.15, 0.2) is 41.9 Å². The van der Waals surface area contributed by atoms with E-state index < -0.39 is 11.9 Å². The molecule has 0 unspecified atom stereocenters. The van der Waals surface area contributed by atoms with E-state index in [0.717, 1.165) is 17.2 Å². The summed E-state index contributed by atoms with van der Waals surface area (Å²) in [6.07, 6.45) is -3.21. The molecular formula is C21H19ClF4N4OS. The first kappa shape index (κ1) is 22.8. The molecule has 32 heavy (non-hydrogen) atoms. The van der Waals surface area contributed by atoms with Gasteiger partial charge in [0.25, 0.3) is 5.91 Å². The van der Waals surface area contributed by atoms with Crippen LogP contribution in [0.5, 0.6) is 0 Å². The van der Waals surface area contributed by atoms with Gasteiger partial charge in [-0.3, -0.25) is 14.4 Å². The molecule has 2 aromatic heterocycles. The monoisotopic (exact) mass is 486 g/mol. The van der Waals surface area contributed by atoms with Crippen LogP contribution in [0.3, 0.4) is 0 Å². The Balaban J connectivity index is 1.32. The zero-order chi connectivity index (χ0) is 22.9. The predicted octanol–water partition coefficient (Wildman–Crippen LogP) is 4.76. The average Bonchev–Trinajstić information content (AvgIpc) is 3.40. The molecule has 0 aliphatic carbocycles. The van der Waals surface area contributed by atoms with Gasteiger partial charge < -0.3 is 4.90 Å². The Morgan fingerprint density at radius 1 is 1.09 bits per heavy atom. The van der Waals surface area contributed by atoms with Gasteiger partial charge in [-0.25, -0.2) is 4.39 Å². The summed E-state index contributed by atoms with van der Waals surface area (Å²) in [5.74, 6) is -0.477. The van der Waals surface area contributed by atoms with Crippen molar-refractivity contribution in [2.24, 2.45) is 0 Å². The minimum Gasteiger partial charge on any atom is -0.335 e. The number of halogens is 5. The molecule has 0 N–H and O–H groups in total.